The topological polar surface area (TPSA) is 122 Å². The van der Waals surface area contributed by atoms with Crippen molar-refractivity contribution in [1.82, 2.24) is 9.62 Å². The molecule has 2 N–H and O–H groups in total. The number of hydrogen-bond acceptors (Lipinski definition) is 7. The fraction of sp³-hybridized carbons (Fsp3) is 0.381. The Morgan fingerprint density at radius 1 is 0.969 bits per heavy atom. The molecule has 0 amide bonds. The van der Waals surface area contributed by atoms with Gasteiger partial charge < -0.3 is 10.1 Å². The van der Waals surface area contributed by atoms with Crippen LogP contribution in [0.15, 0.2) is 58.3 Å². The Hall–Kier alpha value is -2.47. The fourth-order valence-electron chi connectivity index (χ4n) is 3.25. The van der Waals surface area contributed by atoms with Gasteiger partial charge in [0.25, 0.3) is 10.0 Å². The molecule has 0 bridgehead atoms. The van der Waals surface area contributed by atoms with Gasteiger partial charge in [-0.1, -0.05) is 12.1 Å². The lowest BCUT2D eigenvalue weighted by atomic mass is 9.81. The number of sulfonamides is 2. The number of anilines is 1. The second kappa shape index (κ2) is 9.18. The summed E-state index contributed by atoms with van der Waals surface area (Å²) in [4.78, 5) is 12.6. The van der Waals surface area contributed by atoms with Crippen molar-refractivity contribution in [3.8, 4) is 5.75 Å². The molecule has 0 aliphatic carbocycles. The molecule has 1 aliphatic rings. The molecule has 0 aromatic heterocycles. The summed E-state index contributed by atoms with van der Waals surface area (Å²) >= 11 is 0. The van der Waals surface area contributed by atoms with Crippen LogP contribution in [0.4, 0.5) is 5.69 Å². The zero-order chi connectivity index (χ0) is 23.6. The molecule has 0 saturated carbocycles. The summed E-state index contributed by atoms with van der Waals surface area (Å²) in [5.41, 5.74) is -0.534. The maximum absolute atomic E-state index is 12.9. The zero-order valence-corrected chi connectivity index (χ0v) is 19.8. The van der Waals surface area contributed by atoms with Gasteiger partial charge in [0.1, 0.15) is 0 Å². The highest BCUT2D eigenvalue weighted by molar-refractivity contribution is 7.92. The standard InChI is InChI=1S/C21H27N3O6S2/c1-21(12-14-22-15-13-21)20(25)30-19-7-5-4-6-18(19)23-31(26,27)16-8-10-17(11-9-16)32(28,29)24(2)3/h4-11,22-23H,12-15H2,1-3H3. The summed E-state index contributed by atoms with van der Waals surface area (Å²) < 4.78 is 59.2. The monoisotopic (exact) mass is 481 g/mol. The second-order valence-electron chi connectivity index (χ2n) is 8.06. The fourth-order valence-corrected chi connectivity index (χ4v) is 5.22. The first kappa shape index (κ1) is 24.2. The quantitative estimate of drug-likeness (QED) is 0.458. The highest BCUT2D eigenvalue weighted by atomic mass is 32.2. The van der Waals surface area contributed by atoms with Crippen LogP contribution in [0.2, 0.25) is 0 Å². The molecular weight excluding hydrogens is 454 g/mol. The summed E-state index contributed by atoms with van der Waals surface area (Å²) in [5, 5.41) is 3.20. The molecule has 0 radical (unpaired) electrons. The van der Waals surface area contributed by atoms with Crippen LogP contribution in [0.5, 0.6) is 5.75 Å². The van der Waals surface area contributed by atoms with Gasteiger partial charge >= 0.3 is 5.97 Å². The van der Waals surface area contributed by atoms with Crippen molar-refractivity contribution < 1.29 is 26.4 Å². The van der Waals surface area contributed by atoms with Gasteiger partial charge in [-0.15, -0.1) is 0 Å². The highest BCUT2D eigenvalue weighted by Crippen LogP contribution is 2.33. The van der Waals surface area contributed by atoms with Gasteiger partial charge in [-0.25, -0.2) is 21.1 Å². The minimum Gasteiger partial charge on any atom is -0.424 e. The maximum atomic E-state index is 12.9. The number of para-hydroxylation sites is 2. The van der Waals surface area contributed by atoms with E-state index in [1.165, 1.54) is 50.5 Å². The normalized spacial score (nSPS) is 16.5. The Morgan fingerprint density at radius 3 is 2.12 bits per heavy atom. The van der Waals surface area contributed by atoms with Gasteiger partial charge in [0.05, 0.1) is 20.9 Å². The molecule has 2 aromatic carbocycles. The third-order valence-corrected chi connectivity index (χ3v) is 8.66. The smallest absolute Gasteiger partial charge is 0.317 e. The van der Waals surface area contributed by atoms with Gasteiger partial charge in [-0.2, -0.15) is 0 Å². The predicted molar refractivity (Wildman–Crippen MR) is 120 cm³/mol. The van der Waals surface area contributed by atoms with E-state index in [0.29, 0.717) is 25.9 Å². The molecule has 1 aliphatic heterocycles. The van der Waals surface area contributed by atoms with E-state index in [9.17, 15) is 21.6 Å². The van der Waals surface area contributed by atoms with Crippen molar-refractivity contribution in [1.29, 1.82) is 0 Å². The van der Waals surface area contributed by atoms with E-state index >= 15 is 0 Å². The minimum absolute atomic E-state index is 0.0222. The summed E-state index contributed by atoms with van der Waals surface area (Å²) in [5.74, 6) is -0.309. The van der Waals surface area contributed by atoms with Crippen LogP contribution in [-0.2, 0) is 24.8 Å². The molecular formula is C21H27N3O6S2. The van der Waals surface area contributed by atoms with Crippen LogP contribution in [0.1, 0.15) is 19.8 Å². The van der Waals surface area contributed by atoms with Crippen LogP contribution in [-0.4, -0.2) is 54.3 Å². The Kier molecular flexibility index (Phi) is 6.94. The lowest BCUT2D eigenvalue weighted by molar-refractivity contribution is -0.146. The molecule has 9 nitrogen and oxygen atoms in total. The van der Waals surface area contributed by atoms with Gasteiger partial charge in [-0.3, -0.25) is 9.52 Å². The molecule has 1 fully saturated rings. The first-order valence-electron chi connectivity index (χ1n) is 10.0. The van der Waals surface area contributed by atoms with E-state index < -0.39 is 31.4 Å². The lowest BCUT2D eigenvalue weighted by Gasteiger charge is -2.31. The third kappa shape index (κ3) is 5.12. The van der Waals surface area contributed by atoms with Crippen molar-refractivity contribution >= 4 is 31.7 Å². The SMILES string of the molecule is CN(C)S(=O)(=O)c1ccc(S(=O)(=O)Nc2ccccc2OC(=O)C2(C)CCNCC2)cc1. The van der Waals surface area contributed by atoms with E-state index in [2.05, 4.69) is 10.0 Å². The molecule has 2 aromatic rings. The molecule has 0 atom stereocenters. The number of piperidine rings is 1. The van der Waals surface area contributed by atoms with Crippen molar-refractivity contribution in [3.63, 3.8) is 0 Å². The Bertz CT molecular complexity index is 1190. The lowest BCUT2D eigenvalue weighted by Crippen LogP contribution is -2.42. The van der Waals surface area contributed by atoms with E-state index in [4.69, 9.17) is 4.74 Å². The first-order valence-corrected chi connectivity index (χ1v) is 13.0. The number of carbonyl (C=O) groups is 1. The maximum Gasteiger partial charge on any atom is 0.317 e. The summed E-state index contributed by atoms with van der Waals surface area (Å²) in [6.07, 6.45) is 1.25. The van der Waals surface area contributed by atoms with Crippen molar-refractivity contribution in [3.05, 3.63) is 48.5 Å². The molecule has 11 heteroatoms. The average Bonchev–Trinajstić information content (AvgIpc) is 2.75. The largest absolute Gasteiger partial charge is 0.424 e. The van der Waals surface area contributed by atoms with Gasteiger partial charge in [0, 0.05) is 14.1 Å². The highest BCUT2D eigenvalue weighted by Gasteiger charge is 2.37. The number of carbonyl (C=O) groups excluding carboxylic acids is 1. The number of rotatable bonds is 7. The van der Waals surface area contributed by atoms with Crippen molar-refractivity contribution in [2.24, 2.45) is 5.41 Å². The van der Waals surface area contributed by atoms with E-state index in [0.717, 1.165) is 4.31 Å². The second-order valence-corrected chi connectivity index (χ2v) is 11.9. The average molecular weight is 482 g/mol. The first-order chi connectivity index (χ1) is 15.0. The minimum atomic E-state index is -4.05. The Balaban J connectivity index is 1.82. The number of hydrogen-bond donors (Lipinski definition) is 2. The summed E-state index contributed by atoms with van der Waals surface area (Å²) in [6.45, 7) is 3.26. The van der Waals surface area contributed by atoms with Crippen LogP contribution in [0.25, 0.3) is 0 Å². The number of benzene rings is 2. The third-order valence-electron chi connectivity index (χ3n) is 5.45. The van der Waals surface area contributed by atoms with E-state index in [1.54, 1.807) is 12.1 Å². The zero-order valence-electron chi connectivity index (χ0n) is 18.2. The molecule has 174 valence electrons. The van der Waals surface area contributed by atoms with E-state index in [1.807, 2.05) is 6.92 Å². The molecule has 32 heavy (non-hydrogen) atoms. The van der Waals surface area contributed by atoms with Gasteiger partial charge in [-0.05, 0) is 69.3 Å². The molecule has 0 spiro atoms. The molecule has 3 rings (SSSR count). The van der Waals surface area contributed by atoms with Crippen LogP contribution in [0, 0.1) is 5.41 Å². The number of ether oxygens (including phenoxy) is 1. The van der Waals surface area contributed by atoms with Crippen LogP contribution in [0.3, 0.4) is 0 Å². The van der Waals surface area contributed by atoms with E-state index in [-0.39, 0.29) is 21.2 Å². The van der Waals surface area contributed by atoms with Crippen LogP contribution < -0.4 is 14.8 Å². The number of esters is 1. The molecule has 1 saturated heterocycles. The predicted octanol–water partition coefficient (Wildman–Crippen LogP) is 2.03. The van der Waals surface area contributed by atoms with Crippen molar-refractivity contribution in [2.75, 3.05) is 31.9 Å². The van der Waals surface area contributed by atoms with Crippen LogP contribution >= 0.6 is 0 Å². The number of nitrogens with one attached hydrogen (secondary N) is 2. The Morgan fingerprint density at radius 2 is 1.53 bits per heavy atom. The van der Waals surface area contributed by atoms with Crippen molar-refractivity contribution in [2.45, 2.75) is 29.6 Å². The summed E-state index contributed by atoms with van der Waals surface area (Å²) in [6, 6.07) is 11.2. The van der Waals surface area contributed by atoms with Gasteiger partial charge in [0.2, 0.25) is 10.0 Å². The number of nitrogens with zero attached hydrogens (tertiary/aromatic N) is 1. The summed E-state index contributed by atoms with van der Waals surface area (Å²) in [7, 11) is -4.95. The Labute approximate surface area is 188 Å². The molecule has 0 unspecified atom stereocenters. The molecule has 1 heterocycles. The van der Waals surface area contributed by atoms with Gasteiger partial charge in [0.15, 0.2) is 5.75 Å².